The van der Waals surface area contributed by atoms with Gasteiger partial charge >= 0.3 is 17.9 Å². The summed E-state index contributed by atoms with van der Waals surface area (Å²) >= 11 is 0. The Morgan fingerprint density at radius 2 is 1.77 bits per heavy atom. The van der Waals surface area contributed by atoms with Gasteiger partial charge in [0, 0.05) is 13.0 Å². The molecule has 1 N–H and O–H groups in total. The summed E-state index contributed by atoms with van der Waals surface area (Å²) in [6.07, 6.45) is 10.8. The highest BCUT2D eigenvalue weighted by atomic mass is 16.5. The van der Waals surface area contributed by atoms with E-state index >= 15 is 0 Å². The number of rotatable bonds is 9. The molecule has 30 heavy (non-hydrogen) atoms. The Hall–Kier alpha value is -3.41. The number of allylic oxidation sites excluding steroid dienone is 3. The van der Waals surface area contributed by atoms with Crippen LogP contribution in [-0.2, 0) is 30.3 Å². The maximum atomic E-state index is 10.8. The van der Waals surface area contributed by atoms with Crippen LogP contribution >= 0.6 is 0 Å². The monoisotopic (exact) mass is 416 g/mol. The number of carbonyl (C=O) groups excluding carboxylic acids is 2. The van der Waals surface area contributed by atoms with E-state index in [-0.39, 0.29) is 17.9 Å². The molecule has 0 saturated heterocycles. The molecule has 1 atom stereocenters. The lowest BCUT2D eigenvalue weighted by molar-refractivity contribution is -0.141. The Bertz CT molecular complexity index is 689. The molecule has 0 amide bonds. The van der Waals surface area contributed by atoms with Crippen LogP contribution in [0.25, 0.3) is 0 Å². The molecule has 0 aliphatic rings. The average Bonchev–Trinajstić information content (AvgIpc) is 2.70. The fourth-order valence-corrected chi connectivity index (χ4v) is 1.71. The van der Waals surface area contributed by atoms with E-state index < -0.39 is 5.97 Å². The summed E-state index contributed by atoms with van der Waals surface area (Å²) in [5, 5.41) is 8.64. The van der Waals surface area contributed by atoms with Crippen molar-refractivity contribution < 1.29 is 29.0 Å². The van der Waals surface area contributed by atoms with E-state index in [1.165, 1.54) is 13.0 Å². The third-order valence-electron chi connectivity index (χ3n) is 3.16. The molecule has 0 aromatic heterocycles. The molecule has 0 saturated carbocycles. The van der Waals surface area contributed by atoms with E-state index in [9.17, 15) is 14.4 Å². The number of ether oxygens (including phenoxy) is 2. The van der Waals surface area contributed by atoms with Crippen LogP contribution in [0, 0.1) is 5.92 Å². The smallest absolute Gasteiger partial charge is 0.330 e. The summed E-state index contributed by atoms with van der Waals surface area (Å²) in [6.45, 7) is 12.0. The first kappa shape index (κ1) is 28.8. The highest BCUT2D eigenvalue weighted by Crippen LogP contribution is 2.07. The highest BCUT2D eigenvalue weighted by molar-refractivity contribution is 5.82. The number of carboxylic acid groups (broad SMARTS) is 1. The third kappa shape index (κ3) is 20.9. The largest absolute Gasteiger partial charge is 0.481 e. The van der Waals surface area contributed by atoms with Gasteiger partial charge in [-0.2, -0.15) is 0 Å². The second-order valence-corrected chi connectivity index (χ2v) is 5.83. The lowest BCUT2D eigenvalue weighted by Crippen LogP contribution is -2.11. The number of aliphatic carboxylic acids is 1. The summed E-state index contributed by atoms with van der Waals surface area (Å²) in [7, 11) is 0. The second-order valence-electron chi connectivity index (χ2n) is 5.83. The zero-order valence-electron chi connectivity index (χ0n) is 18.0. The summed E-state index contributed by atoms with van der Waals surface area (Å²) in [4.78, 5) is 31.1. The van der Waals surface area contributed by atoms with Gasteiger partial charge in [0.1, 0.15) is 0 Å². The van der Waals surface area contributed by atoms with Crippen LogP contribution in [0.2, 0.25) is 0 Å². The molecule has 0 bridgehead atoms. The fourth-order valence-electron chi connectivity index (χ4n) is 1.71. The van der Waals surface area contributed by atoms with Crippen molar-refractivity contribution in [3.8, 4) is 0 Å². The van der Waals surface area contributed by atoms with E-state index in [0.29, 0.717) is 19.4 Å². The Morgan fingerprint density at radius 3 is 2.20 bits per heavy atom. The Morgan fingerprint density at radius 1 is 1.13 bits per heavy atom. The lowest BCUT2D eigenvalue weighted by Gasteiger charge is -2.04. The second kappa shape index (κ2) is 20.3. The zero-order chi connectivity index (χ0) is 23.2. The average molecular weight is 417 g/mol. The quantitative estimate of drug-likeness (QED) is 0.154. The van der Waals surface area contributed by atoms with Gasteiger partial charge in [0.2, 0.25) is 0 Å². The SMILES string of the molecule is C=CCCOC(=O)C=CC=CC.C=COC(C)=O.C[C@H](Cc1ccccc1)C(=O)O. The highest BCUT2D eigenvalue weighted by Gasteiger charge is 2.10. The van der Waals surface area contributed by atoms with E-state index in [0.717, 1.165) is 11.8 Å². The number of hydrogen-bond acceptors (Lipinski definition) is 5. The van der Waals surface area contributed by atoms with Gasteiger partial charge in [-0.1, -0.05) is 68.1 Å². The first-order valence-electron chi connectivity index (χ1n) is 9.40. The summed E-state index contributed by atoms with van der Waals surface area (Å²) < 4.78 is 8.96. The zero-order valence-corrected chi connectivity index (χ0v) is 18.0. The van der Waals surface area contributed by atoms with Gasteiger partial charge in [-0.05, 0) is 25.3 Å². The molecule has 1 aromatic rings. The van der Waals surface area contributed by atoms with Crippen molar-refractivity contribution >= 4 is 17.9 Å². The topological polar surface area (TPSA) is 89.9 Å². The van der Waals surface area contributed by atoms with E-state index in [1.807, 2.05) is 43.3 Å². The van der Waals surface area contributed by atoms with Gasteiger partial charge < -0.3 is 14.6 Å². The van der Waals surface area contributed by atoms with Crippen LogP contribution in [0.15, 0.2) is 80.1 Å². The Balaban J connectivity index is 0. The molecule has 0 fully saturated rings. The predicted octanol–water partition coefficient (Wildman–Crippen LogP) is 4.88. The minimum Gasteiger partial charge on any atom is -0.481 e. The molecule has 0 spiro atoms. The van der Waals surface area contributed by atoms with Gasteiger partial charge in [-0.15, -0.1) is 6.58 Å². The number of hydrogen-bond donors (Lipinski definition) is 1. The van der Waals surface area contributed by atoms with E-state index in [1.54, 1.807) is 25.2 Å². The molecule has 0 aliphatic carbocycles. The summed E-state index contributed by atoms with van der Waals surface area (Å²) in [6, 6.07) is 9.65. The predicted molar refractivity (Wildman–Crippen MR) is 119 cm³/mol. The van der Waals surface area contributed by atoms with Gasteiger partial charge in [-0.3, -0.25) is 9.59 Å². The minimum absolute atomic E-state index is 0.299. The normalized spacial score (nSPS) is 10.6. The maximum absolute atomic E-state index is 10.8. The van der Waals surface area contributed by atoms with Crippen molar-refractivity contribution in [3.63, 3.8) is 0 Å². The first-order chi connectivity index (χ1) is 14.3. The summed E-state index contributed by atoms with van der Waals surface area (Å²) in [5.74, 6) is -1.67. The fraction of sp³-hybridized carbons (Fsp3) is 0.292. The maximum Gasteiger partial charge on any atom is 0.330 e. The number of carbonyl (C=O) groups is 3. The molecule has 0 radical (unpaired) electrons. The molecule has 0 aliphatic heterocycles. The van der Waals surface area contributed by atoms with Gasteiger partial charge in [-0.25, -0.2) is 4.79 Å². The van der Waals surface area contributed by atoms with Crippen LogP contribution < -0.4 is 0 Å². The van der Waals surface area contributed by atoms with Crippen LogP contribution in [0.3, 0.4) is 0 Å². The molecule has 6 heteroatoms. The number of esters is 2. The summed E-state index contributed by atoms with van der Waals surface area (Å²) in [5.41, 5.74) is 1.08. The minimum atomic E-state index is -0.737. The number of carboxylic acids is 1. The van der Waals surface area contributed by atoms with Crippen molar-refractivity contribution in [1.29, 1.82) is 0 Å². The molecule has 6 nitrogen and oxygen atoms in total. The molecular weight excluding hydrogens is 384 g/mol. The van der Waals surface area contributed by atoms with Gasteiger partial charge in [0.15, 0.2) is 0 Å². The molecule has 0 heterocycles. The van der Waals surface area contributed by atoms with Crippen molar-refractivity contribution in [2.45, 2.75) is 33.6 Å². The molecular formula is C24H32O6. The van der Waals surface area contributed by atoms with Crippen molar-refractivity contribution in [2.75, 3.05) is 6.61 Å². The van der Waals surface area contributed by atoms with Gasteiger partial charge in [0.05, 0.1) is 18.8 Å². The first-order valence-corrected chi connectivity index (χ1v) is 9.40. The van der Waals surface area contributed by atoms with Crippen LogP contribution in [0.5, 0.6) is 0 Å². The lowest BCUT2D eigenvalue weighted by atomic mass is 10.0. The van der Waals surface area contributed by atoms with Crippen LogP contribution in [0.1, 0.15) is 32.8 Å². The van der Waals surface area contributed by atoms with Crippen molar-refractivity contribution in [2.24, 2.45) is 5.92 Å². The van der Waals surface area contributed by atoms with Gasteiger partial charge in [0.25, 0.3) is 0 Å². The Labute approximate surface area is 179 Å². The standard InChI is InChI=1S/C10H12O2.C10H14O2.C4H6O2/c1-8(10(11)12)7-9-5-3-2-4-6-9;1-3-5-7-8-10(11)12-9-6-4-2;1-3-6-4(2)5/h2-6,8H,7H2,1H3,(H,11,12);3-5,7-8H,2,6,9H2,1H3;3H,1H2,2H3/t8-;;/m1../s1. The van der Waals surface area contributed by atoms with E-state index in [4.69, 9.17) is 9.84 Å². The van der Waals surface area contributed by atoms with Crippen LogP contribution in [0.4, 0.5) is 0 Å². The Kier molecular flexibility index (Phi) is 19.5. The molecule has 1 aromatic carbocycles. The van der Waals surface area contributed by atoms with Crippen LogP contribution in [-0.4, -0.2) is 29.6 Å². The molecule has 1 rings (SSSR count). The molecule has 0 unspecified atom stereocenters. The van der Waals surface area contributed by atoms with E-state index in [2.05, 4.69) is 17.9 Å². The van der Waals surface area contributed by atoms with Crippen molar-refractivity contribution in [1.82, 2.24) is 0 Å². The third-order valence-corrected chi connectivity index (χ3v) is 3.16. The van der Waals surface area contributed by atoms with Crippen molar-refractivity contribution in [3.05, 3.63) is 85.7 Å². The molecule has 164 valence electrons. The number of benzene rings is 1.